The van der Waals surface area contributed by atoms with E-state index >= 15 is 0 Å². The second kappa shape index (κ2) is 3.51. The normalized spacial score (nSPS) is 16.8. The number of hydrogen-bond donors (Lipinski definition) is 1. The summed E-state index contributed by atoms with van der Waals surface area (Å²) >= 11 is 0. The second-order valence-electron chi connectivity index (χ2n) is 2.99. The fraction of sp³-hybridized carbons (Fsp3) is 0.500. The van der Waals surface area contributed by atoms with Gasteiger partial charge in [-0.05, 0) is 19.1 Å². The zero-order valence-corrected chi connectivity index (χ0v) is 8.28. The molecular weight excluding hydrogens is 192 g/mol. The predicted molar refractivity (Wildman–Crippen MR) is 48.0 cm³/mol. The number of hydrogen-bond acceptors (Lipinski definition) is 4. The molecule has 4 nitrogen and oxygen atoms in total. The van der Waals surface area contributed by atoms with Crippen molar-refractivity contribution >= 4 is 9.84 Å². The molecule has 1 aromatic rings. The molecule has 1 aromatic heterocycles. The summed E-state index contributed by atoms with van der Waals surface area (Å²) in [7, 11) is -3.24. The zero-order chi connectivity index (χ0) is 10.1. The first-order chi connectivity index (χ1) is 5.93. The molecule has 2 atom stereocenters. The van der Waals surface area contributed by atoms with Crippen LogP contribution < -0.4 is 0 Å². The molecule has 1 N–H and O–H groups in total. The topological polar surface area (TPSA) is 67.5 Å². The summed E-state index contributed by atoms with van der Waals surface area (Å²) in [4.78, 5) is 0. The molecule has 0 aromatic carbocycles. The molecular formula is C8H12O4S. The predicted octanol–water partition coefficient (Wildman–Crippen LogP) is 0.746. The van der Waals surface area contributed by atoms with E-state index < -0.39 is 21.2 Å². The third-order valence-electron chi connectivity index (χ3n) is 1.95. The van der Waals surface area contributed by atoms with E-state index in [4.69, 9.17) is 4.42 Å². The van der Waals surface area contributed by atoms with E-state index in [9.17, 15) is 13.5 Å². The summed E-state index contributed by atoms with van der Waals surface area (Å²) in [5.41, 5.74) is 0. The first kappa shape index (κ1) is 10.3. The van der Waals surface area contributed by atoms with E-state index in [0.29, 0.717) is 0 Å². The molecule has 1 heterocycles. The minimum absolute atomic E-state index is 0.276. The lowest BCUT2D eigenvalue weighted by Crippen LogP contribution is -2.23. The third kappa shape index (κ3) is 2.32. The second-order valence-corrected chi connectivity index (χ2v) is 5.40. The monoisotopic (exact) mass is 204 g/mol. The molecule has 0 saturated heterocycles. The summed E-state index contributed by atoms with van der Waals surface area (Å²) in [6.07, 6.45) is 1.39. The zero-order valence-electron chi connectivity index (χ0n) is 7.47. The molecule has 0 aliphatic carbocycles. The molecule has 74 valence electrons. The summed E-state index contributed by atoms with van der Waals surface area (Å²) in [6, 6.07) is 3.15. The van der Waals surface area contributed by atoms with E-state index in [1.807, 2.05) is 0 Å². The van der Waals surface area contributed by atoms with Crippen LogP contribution in [0.25, 0.3) is 0 Å². The van der Waals surface area contributed by atoms with E-state index in [-0.39, 0.29) is 5.76 Å². The van der Waals surface area contributed by atoms with Crippen LogP contribution in [0, 0.1) is 0 Å². The van der Waals surface area contributed by atoms with Crippen LogP contribution in [-0.4, -0.2) is 25.0 Å². The Morgan fingerprint density at radius 3 is 2.54 bits per heavy atom. The van der Waals surface area contributed by atoms with Gasteiger partial charge in [0.05, 0.1) is 11.5 Å². The minimum Gasteiger partial charge on any atom is -0.467 e. The lowest BCUT2D eigenvalue weighted by atomic mass is 10.2. The molecule has 0 aliphatic rings. The van der Waals surface area contributed by atoms with Crippen LogP contribution in [0.3, 0.4) is 0 Å². The number of aliphatic hydroxyl groups is 1. The van der Waals surface area contributed by atoms with Crippen LogP contribution in [0.4, 0.5) is 0 Å². The van der Waals surface area contributed by atoms with Crippen molar-refractivity contribution in [1.29, 1.82) is 0 Å². The van der Waals surface area contributed by atoms with Gasteiger partial charge in [-0.2, -0.15) is 0 Å². The third-order valence-corrected chi connectivity index (χ3v) is 3.56. The number of rotatable bonds is 3. The van der Waals surface area contributed by atoms with Crippen molar-refractivity contribution in [3.8, 4) is 0 Å². The van der Waals surface area contributed by atoms with Gasteiger partial charge >= 0.3 is 0 Å². The number of sulfone groups is 1. The lowest BCUT2D eigenvalue weighted by molar-refractivity contribution is 0.148. The van der Waals surface area contributed by atoms with Gasteiger partial charge in [-0.25, -0.2) is 8.42 Å². The summed E-state index contributed by atoms with van der Waals surface area (Å²) < 4.78 is 27.0. The summed E-state index contributed by atoms with van der Waals surface area (Å²) in [5.74, 6) is 0.276. The van der Waals surface area contributed by atoms with Crippen molar-refractivity contribution in [3.63, 3.8) is 0 Å². The van der Waals surface area contributed by atoms with Crippen molar-refractivity contribution in [3.05, 3.63) is 24.2 Å². The molecule has 0 radical (unpaired) electrons. The first-order valence-corrected chi connectivity index (χ1v) is 5.78. The summed E-state index contributed by atoms with van der Waals surface area (Å²) in [6.45, 7) is 1.45. The van der Waals surface area contributed by atoms with Crippen LogP contribution in [0.2, 0.25) is 0 Å². The molecule has 0 spiro atoms. The largest absolute Gasteiger partial charge is 0.467 e. The van der Waals surface area contributed by atoms with Gasteiger partial charge in [0.2, 0.25) is 0 Å². The molecule has 1 rings (SSSR count). The highest BCUT2D eigenvalue weighted by Gasteiger charge is 2.26. The summed E-state index contributed by atoms with van der Waals surface area (Å²) in [5, 5.41) is 8.69. The van der Waals surface area contributed by atoms with Crippen LogP contribution in [-0.2, 0) is 9.84 Å². The Balaban J connectivity index is 2.86. The van der Waals surface area contributed by atoms with E-state index in [1.54, 1.807) is 12.1 Å². The van der Waals surface area contributed by atoms with Crippen molar-refractivity contribution in [2.75, 3.05) is 6.26 Å². The van der Waals surface area contributed by atoms with E-state index in [0.717, 1.165) is 6.26 Å². The van der Waals surface area contributed by atoms with Crippen molar-refractivity contribution < 1.29 is 17.9 Å². The Bertz CT molecular complexity index is 352. The smallest absolute Gasteiger partial charge is 0.153 e. The highest BCUT2D eigenvalue weighted by Crippen LogP contribution is 2.21. The fourth-order valence-corrected chi connectivity index (χ4v) is 1.53. The Morgan fingerprint density at radius 2 is 2.15 bits per heavy atom. The molecule has 0 saturated carbocycles. The molecule has 2 unspecified atom stereocenters. The van der Waals surface area contributed by atoms with Gasteiger partial charge in [-0.1, -0.05) is 0 Å². The highest BCUT2D eigenvalue weighted by molar-refractivity contribution is 7.91. The van der Waals surface area contributed by atoms with Crippen molar-refractivity contribution in [2.45, 2.75) is 18.3 Å². The standard InChI is InChI=1S/C8H12O4S/c1-6(13(2,10)11)8(9)7-4-3-5-12-7/h3-6,8-9H,1-2H3. The average Bonchev–Trinajstić information content (AvgIpc) is 2.51. The van der Waals surface area contributed by atoms with Crippen LogP contribution in [0.15, 0.2) is 22.8 Å². The Hall–Kier alpha value is -0.810. The van der Waals surface area contributed by atoms with Gasteiger partial charge in [-0.3, -0.25) is 0 Å². The van der Waals surface area contributed by atoms with Gasteiger partial charge in [-0.15, -0.1) is 0 Å². The van der Waals surface area contributed by atoms with E-state index in [1.165, 1.54) is 13.2 Å². The maximum Gasteiger partial charge on any atom is 0.153 e. The maximum atomic E-state index is 11.1. The van der Waals surface area contributed by atoms with Crippen molar-refractivity contribution in [1.82, 2.24) is 0 Å². The lowest BCUT2D eigenvalue weighted by Gasteiger charge is -2.14. The quantitative estimate of drug-likeness (QED) is 0.788. The van der Waals surface area contributed by atoms with Gasteiger partial charge < -0.3 is 9.52 Å². The first-order valence-electron chi connectivity index (χ1n) is 3.83. The number of aliphatic hydroxyl groups excluding tert-OH is 1. The van der Waals surface area contributed by atoms with Crippen LogP contribution in [0.5, 0.6) is 0 Å². The Labute approximate surface area is 77.1 Å². The SMILES string of the molecule is CC(C(O)c1ccco1)S(C)(=O)=O. The molecule has 0 bridgehead atoms. The van der Waals surface area contributed by atoms with Gasteiger partial charge in [0.25, 0.3) is 0 Å². The molecule has 13 heavy (non-hydrogen) atoms. The van der Waals surface area contributed by atoms with E-state index in [2.05, 4.69) is 0 Å². The highest BCUT2D eigenvalue weighted by atomic mass is 32.2. The molecule has 0 amide bonds. The molecule has 0 aliphatic heterocycles. The Morgan fingerprint density at radius 1 is 1.54 bits per heavy atom. The minimum atomic E-state index is -3.24. The van der Waals surface area contributed by atoms with Crippen LogP contribution in [0.1, 0.15) is 18.8 Å². The van der Waals surface area contributed by atoms with Crippen molar-refractivity contribution in [2.24, 2.45) is 0 Å². The van der Waals surface area contributed by atoms with Gasteiger partial charge in [0.1, 0.15) is 11.9 Å². The Kier molecular flexibility index (Phi) is 2.77. The number of furan rings is 1. The molecule has 5 heteroatoms. The molecule has 0 fully saturated rings. The maximum absolute atomic E-state index is 11.1. The van der Waals surface area contributed by atoms with Crippen LogP contribution >= 0.6 is 0 Å². The fourth-order valence-electron chi connectivity index (χ4n) is 0.925. The van der Waals surface area contributed by atoms with Gasteiger partial charge in [0.15, 0.2) is 9.84 Å². The van der Waals surface area contributed by atoms with Gasteiger partial charge in [0, 0.05) is 6.26 Å². The average molecular weight is 204 g/mol.